The Morgan fingerprint density at radius 3 is 3.15 bits per heavy atom. The Labute approximate surface area is 74.1 Å². The minimum atomic E-state index is -0.759. The molecule has 0 aromatic carbocycles. The van der Waals surface area contributed by atoms with Crippen LogP contribution in [0.4, 0.5) is 4.79 Å². The van der Waals surface area contributed by atoms with Gasteiger partial charge < -0.3 is 10.8 Å². The van der Waals surface area contributed by atoms with Crippen LogP contribution in [0.5, 0.6) is 5.75 Å². The number of pyridine rings is 1. The fourth-order valence-corrected chi connectivity index (χ4v) is 0.671. The number of nitrogens with one attached hydrogen (secondary N) is 1. The van der Waals surface area contributed by atoms with E-state index >= 15 is 0 Å². The molecule has 0 aliphatic rings. The number of aromatic hydroxyl groups is 1. The van der Waals surface area contributed by atoms with Gasteiger partial charge in [0.2, 0.25) is 0 Å². The van der Waals surface area contributed by atoms with Crippen LogP contribution >= 0.6 is 0 Å². The first kappa shape index (κ1) is 8.98. The van der Waals surface area contributed by atoms with Gasteiger partial charge in [-0.15, -0.1) is 0 Å². The summed E-state index contributed by atoms with van der Waals surface area (Å²) in [5.41, 5.74) is 7.20. The highest BCUT2D eigenvalue weighted by Crippen LogP contribution is 2.10. The number of hydrogen-bond acceptors (Lipinski definition) is 4. The van der Waals surface area contributed by atoms with E-state index in [-0.39, 0.29) is 5.75 Å². The summed E-state index contributed by atoms with van der Waals surface area (Å²) >= 11 is 0. The Morgan fingerprint density at radius 1 is 1.77 bits per heavy atom. The van der Waals surface area contributed by atoms with E-state index < -0.39 is 6.03 Å². The molecule has 1 heterocycles. The number of amides is 2. The monoisotopic (exact) mass is 180 g/mol. The molecule has 6 heteroatoms. The number of urea groups is 1. The van der Waals surface area contributed by atoms with Crippen LogP contribution in [0.3, 0.4) is 0 Å². The predicted molar refractivity (Wildman–Crippen MR) is 46.2 cm³/mol. The second-order valence-corrected chi connectivity index (χ2v) is 2.17. The lowest BCUT2D eigenvalue weighted by molar-refractivity contribution is 0.249. The number of rotatable bonds is 2. The summed E-state index contributed by atoms with van der Waals surface area (Å²) in [7, 11) is 0. The van der Waals surface area contributed by atoms with Crippen molar-refractivity contribution < 1.29 is 9.90 Å². The summed E-state index contributed by atoms with van der Waals surface area (Å²) in [4.78, 5) is 13.9. The predicted octanol–water partition coefficient (Wildman–Crippen LogP) is -0.211. The van der Waals surface area contributed by atoms with E-state index in [1.807, 2.05) is 5.43 Å². The summed E-state index contributed by atoms with van der Waals surface area (Å²) in [5, 5.41) is 12.6. The van der Waals surface area contributed by atoms with Gasteiger partial charge >= 0.3 is 6.03 Å². The quantitative estimate of drug-likeness (QED) is 0.433. The maximum absolute atomic E-state index is 10.2. The largest absolute Gasteiger partial charge is 0.506 e. The molecule has 0 saturated heterocycles. The number of carbonyl (C=O) groups is 1. The van der Waals surface area contributed by atoms with Gasteiger partial charge in [0.15, 0.2) is 0 Å². The van der Waals surface area contributed by atoms with Crippen LogP contribution in [-0.4, -0.2) is 22.3 Å². The summed E-state index contributed by atoms with van der Waals surface area (Å²) < 4.78 is 0. The number of nitrogens with zero attached hydrogens (tertiary/aromatic N) is 2. The lowest BCUT2D eigenvalue weighted by Gasteiger charge is -1.95. The van der Waals surface area contributed by atoms with Gasteiger partial charge in [-0.3, -0.25) is 4.98 Å². The van der Waals surface area contributed by atoms with Crippen LogP contribution in [0.15, 0.2) is 23.6 Å². The minimum Gasteiger partial charge on any atom is -0.506 e. The molecule has 6 nitrogen and oxygen atoms in total. The lowest BCUT2D eigenvalue weighted by atomic mass is 10.3. The third-order valence-corrected chi connectivity index (χ3v) is 1.21. The molecule has 0 unspecified atom stereocenters. The zero-order valence-corrected chi connectivity index (χ0v) is 6.64. The standard InChI is InChI=1S/C7H8N4O2/c8-7(13)11-10-3-5-1-2-9-4-6(5)12/h1-4,12H,(H3,8,11,13). The van der Waals surface area contributed by atoms with Crippen LogP contribution in [0.25, 0.3) is 0 Å². The van der Waals surface area contributed by atoms with Gasteiger partial charge in [-0.25, -0.2) is 10.2 Å². The van der Waals surface area contributed by atoms with Crippen molar-refractivity contribution in [3.8, 4) is 5.75 Å². The van der Waals surface area contributed by atoms with Crippen molar-refractivity contribution in [2.75, 3.05) is 0 Å². The van der Waals surface area contributed by atoms with Crippen LogP contribution in [0, 0.1) is 0 Å². The molecule has 4 N–H and O–H groups in total. The fraction of sp³-hybridized carbons (Fsp3) is 0. The zero-order valence-electron chi connectivity index (χ0n) is 6.64. The third-order valence-electron chi connectivity index (χ3n) is 1.21. The molecular formula is C7H8N4O2. The number of hydrazone groups is 1. The van der Waals surface area contributed by atoms with E-state index in [1.54, 1.807) is 6.07 Å². The van der Waals surface area contributed by atoms with Crippen molar-refractivity contribution in [2.45, 2.75) is 0 Å². The second kappa shape index (κ2) is 4.05. The van der Waals surface area contributed by atoms with Crippen LogP contribution in [-0.2, 0) is 0 Å². The van der Waals surface area contributed by atoms with Crippen LogP contribution in [0.1, 0.15) is 5.56 Å². The smallest absolute Gasteiger partial charge is 0.332 e. The van der Waals surface area contributed by atoms with Crippen molar-refractivity contribution in [1.29, 1.82) is 0 Å². The highest BCUT2D eigenvalue weighted by molar-refractivity contribution is 5.84. The number of carbonyl (C=O) groups excluding carboxylic acids is 1. The molecule has 68 valence electrons. The summed E-state index contributed by atoms with van der Waals surface area (Å²) in [6.07, 6.45) is 4.03. The summed E-state index contributed by atoms with van der Waals surface area (Å²) in [6.45, 7) is 0. The van der Waals surface area contributed by atoms with Gasteiger partial charge in [0.1, 0.15) is 5.75 Å². The van der Waals surface area contributed by atoms with Gasteiger partial charge in [0, 0.05) is 11.8 Å². The number of primary amides is 1. The molecule has 0 radical (unpaired) electrons. The van der Waals surface area contributed by atoms with Crippen molar-refractivity contribution >= 4 is 12.2 Å². The van der Waals surface area contributed by atoms with Gasteiger partial charge in [-0.1, -0.05) is 0 Å². The highest BCUT2D eigenvalue weighted by atomic mass is 16.3. The van der Waals surface area contributed by atoms with Crippen molar-refractivity contribution in [1.82, 2.24) is 10.4 Å². The Hall–Kier alpha value is -2.11. The Balaban J connectivity index is 2.68. The maximum atomic E-state index is 10.2. The van der Waals surface area contributed by atoms with E-state index in [0.29, 0.717) is 5.56 Å². The zero-order chi connectivity index (χ0) is 9.68. The van der Waals surface area contributed by atoms with E-state index in [1.165, 1.54) is 18.6 Å². The molecule has 0 saturated carbocycles. The Kier molecular flexibility index (Phi) is 2.80. The number of aromatic nitrogens is 1. The molecule has 0 aliphatic heterocycles. The second-order valence-electron chi connectivity index (χ2n) is 2.17. The molecule has 1 aromatic heterocycles. The van der Waals surface area contributed by atoms with E-state index in [0.717, 1.165) is 0 Å². The molecule has 0 aliphatic carbocycles. The van der Waals surface area contributed by atoms with Gasteiger partial charge in [0.25, 0.3) is 0 Å². The van der Waals surface area contributed by atoms with Gasteiger partial charge in [-0.2, -0.15) is 5.10 Å². The van der Waals surface area contributed by atoms with Crippen LogP contribution in [0.2, 0.25) is 0 Å². The van der Waals surface area contributed by atoms with Crippen molar-refractivity contribution in [3.63, 3.8) is 0 Å². The topological polar surface area (TPSA) is 101 Å². The lowest BCUT2D eigenvalue weighted by Crippen LogP contribution is -2.24. The average Bonchev–Trinajstić information content (AvgIpc) is 2.08. The first-order valence-electron chi connectivity index (χ1n) is 3.41. The Morgan fingerprint density at radius 2 is 2.54 bits per heavy atom. The normalized spacial score (nSPS) is 10.2. The molecule has 0 atom stereocenters. The SMILES string of the molecule is NC(=O)NN=Cc1ccncc1O. The summed E-state index contributed by atoms with van der Waals surface area (Å²) in [6, 6.07) is 0.784. The van der Waals surface area contributed by atoms with E-state index in [2.05, 4.69) is 10.1 Å². The van der Waals surface area contributed by atoms with Crippen molar-refractivity contribution in [2.24, 2.45) is 10.8 Å². The molecule has 0 fully saturated rings. The minimum absolute atomic E-state index is 0.0162. The van der Waals surface area contributed by atoms with Gasteiger partial charge in [-0.05, 0) is 6.07 Å². The maximum Gasteiger partial charge on any atom is 0.332 e. The molecule has 0 spiro atoms. The van der Waals surface area contributed by atoms with Crippen LogP contribution < -0.4 is 11.2 Å². The molecule has 1 rings (SSSR count). The number of hydrogen-bond donors (Lipinski definition) is 3. The van der Waals surface area contributed by atoms with Crippen molar-refractivity contribution in [3.05, 3.63) is 24.0 Å². The highest BCUT2D eigenvalue weighted by Gasteiger charge is 1.95. The molecule has 1 aromatic rings. The summed E-state index contributed by atoms with van der Waals surface area (Å²) in [5.74, 6) is -0.0162. The first-order valence-corrected chi connectivity index (χ1v) is 3.41. The third kappa shape index (κ3) is 2.78. The average molecular weight is 180 g/mol. The van der Waals surface area contributed by atoms with E-state index in [9.17, 15) is 9.90 Å². The Bertz CT molecular complexity index is 337. The molecule has 2 amide bonds. The number of nitrogens with two attached hydrogens (primary N) is 1. The van der Waals surface area contributed by atoms with E-state index in [4.69, 9.17) is 5.73 Å². The molecule has 13 heavy (non-hydrogen) atoms. The first-order chi connectivity index (χ1) is 6.20. The molecular weight excluding hydrogens is 172 g/mol. The fourth-order valence-electron chi connectivity index (χ4n) is 0.671. The molecule has 0 bridgehead atoms. The van der Waals surface area contributed by atoms with Gasteiger partial charge in [0.05, 0.1) is 12.4 Å².